The lowest BCUT2D eigenvalue weighted by Gasteiger charge is -2.27. The number of thioether (sulfide) groups is 1. The number of rotatable bonds is 9. The van der Waals surface area contributed by atoms with E-state index >= 15 is 0 Å². The number of carbonyl (C=O) groups is 2. The van der Waals surface area contributed by atoms with Crippen LogP contribution < -0.4 is 30.2 Å². The van der Waals surface area contributed by atoms with E-state index in [4.69, 9.17) is 30.8 Å². The lowest BCUT2D eigenvalue weighted by atomic mass is 9.95. The number of nitrogens with one attached hydrogen (secondary N) is 3. The van der Waals surface area contributed by atoms with Crippen molar-refractivity contribution in [1.82, 2.24) is 5.32 Å². The summed E-state index contributed by atoms with van der Waals surface area (Å²) in [5.74, 6) is 0.829. The SMILES string of the molecule is COc1cc([C@H]2N=C(SCC(=O)Nc3ccc(C)c(Cl)c3)NC(C)=C2C(=O)Nc2ccccc2)cc(OC)c1OC. The number of ether oxygens (including phenoxy) is 3. The van der Waals surface area contributed by atoms with E-state index in [0.29, 0.717) is 55.6 Å². The number of benzene rings is 3. The maximum Gasteiger partial charge on any atom is 0.255 e. The Morgan fingerprint density at radius 3 is 2.22 bits per heavy atom. The van der Waals surface area contributed by atoms with E-state index in [0.717, 1.165) is 5.56 Å². The molecular formula is C30H31ClN4O5S. The third kappa shape index (κ3) is 7.14. The maximum absolute atomic E-state index is 13.6. The summed E-state index contributed by atoms with van der Waals surface area (Å²) < 4.78 is 16.6. The van der Waals surface area contributed by atoms with Crippen molar-refractivity contribution in [2.45, 2.75) is 19.9 Å². The molecule has 0 aliphatic carbocycles. The smallest absolute Gasteiger partial charge is 0.255 e. The number of aryl methyl sites for hydroxylation is 1. The van der Waals surface area contributed by atoms with E-state index in [2.05, 4.69) is 16.0 Å². The Labute approximate surface area is 248 Å². The zero-order valence-corrected chi connectivity index (χ0v) is 24.9. The fourth-order valence-corrected chi connectivity index (χ4v) is 5.16. The number of halogens is 1. The lowest BCUT2D eigenvalue weighted by molar-refractivity contribution is -0.114. The second kappa shape index (κ2) is 13.5. The first kappa shape index (κ1) is 29.8. The average molecular weight is 595 g/mol. The fraction of sp³-hybridized carbons (Fsp3) is 0.233. The van der Waals surface area contributed by atoms with Crippen molar-refractivity contribution in [2.24, 2.45) is 4.99 Å². The first-order chi connectivity index (χ1) is 19.7. The van der Waals surface area contributed by atoms with E-state index in [9.17, 15) is 9.59 Å². The fourth-order valence-electron chi connectivity index (χ4n) is 4.24. The van der Waals surface area contributed by atoms with Gasteiger partial charge in [-0.25, -0.2) is 4.99 Å². The molecule has 41 heavy (non-hydrogen) atoms. The molecular weight excluding hydrogens is 564 g/mol. The van der Waals surface area contributed by atoms with Gasteiger partial charge in [0.2, 0.25) is 11.7 Å². The second-order valence-corrected chi connectivity index (χ2v) is 10.5. The van der Waals surface area contributed by atoms with Crippen LogP contribution in [0.15, 0.2) is 76.9 Å². The van der Waals surface area contributed by atoms with Gasteiger partial charge in [-0.1, -0.05) is 47.6 Å². The van der Waals surface area contributed by atoms with Gasteiger partial charge < -0.3 is 30.2 Å². The molecule has 11 heteroatoms. The average Bonchev–Trinajstić information content (AvgIpc) is 2.97. The third-order valence-electron chi connectivity index (χ3n) is 6.29. The number of para-hydroxylation sites is 1. The molecule has 0 radical (unpaired) electrons. The predicted octanol–water partition coefficient (Wildman–Crippen LogP) is 5.96. The van der Waals surface area contributed by atoms with E-state index in [-0.39, 0.29) is 17.6 Å². The molecule has 1 atom stereocenters. The predicted molar refractivity (Wildman–Crippen MR) is 164 cm³/mol. The van der Waals surface area contributed by atoms with Crippen molar-refractivity contribution in [3.63, 3.8) is 0 Å². The first-order valence-corrected chi connectivity index (χ1v) is 14.0. The number of carbonyl (C=O) groups excluding carboxylic acids is 2. The molecule has 0 saturated carbocycles. The van der Waals surface area contributed by atoms with Crippen LogP contribution in [-0.4, -0.2) is 44.1 Å². The highest BCUT2D eigenvalue weighted by Gasteiger charge is 2.31. The molecule has 3 N–H and O–H groups in total. The van der Waals surface area contributed by atoms with Crippen LogP contribution in [0.2, 0.25) is 5.02 Å². The normalized spacial score (nSPS) is 14.5. The summed E-state index contributed by atoms with van der Waals surface area (Å²) in [6.45, 7) is 3.69. The van der Waals surface area contributed by atoms with Crippen LogP contribution in [0.1, 0.15) is 24.1 Å². The molecule has 9 nitrogen and oxygen atoms in total. The monoisotopic (exact) mass is 594 g/mol. The zero-order chi connectivity index (χ0) is 29.5. The van der Waals surface area contributed by atoms with E-state index in [1.807, 2.05) is 43.3 Å². The van der Waals surface area contributed by atoms with Crippen molar-refractivity contribution in [2.75, 3.05) is 37.7 Å². The van der Waals surface area contributed by atoms with Crippen LogP contribution in [0.4, 0.5) is 11.4 Å². The van der Waals surface area contributed by atoms with Gasteiger partial charge in [0.25, 0.3) is 5.91 Å². The number of amides is 2. The molecule has 0 fully saturated rings. The molecule has 3 aromatic rings. The van der Waals surface area contributed by atoms with Crippen molar-refractivity contribution < 1.29 is 23.8 Å². The summed E-state index contributed by atoms with van der Waals surface area (Å²) in [6.07, 6.45) is 0. The molecule has 214 valence electrons. The van der Waals surface area contributed by atoms with Crippen LogP contribution in [-0.2, 0) is 9.59 Å². The Morgan fingerprint density at radius 1 is 0.927 bits per heavy atom. The van der Waals surface area contributed by atoms with Gasteiger partial charge in [-0.05, 0) is 61.4 Å². The van der Waals surface area contributed by atoms with Crippen LogP contribution in [0.25, 0.3) is 0 Å². The van der Waals surface area contributed by atoms with E-state index in [1.165, 1.54) is 33.1 Å². The van der Waals surface area contributed by atoms with Gasteiger partial charge in [0.1, 0.15) is 6.04 Å². The summed E-state index contributed by atoms with van der Waals surface area (Å²) in [7, 11) is 4.58. The standard InChI is InChI=1S/C30H31ClN4O5S/c1-17-11-12-21(15-22(17)31)33-25(36)16-41-30-32-18(2)26(29(37)34-20-9-7-6-8-10-20)27(35-30)19-13-23(38-3)28(40-5)24(14-19)39-4/h6-15,27H,16H2,1-5H3,(H,32,35)(H,33,36)(H,34,37)/t27-/m1/s1. The summed E-state index contributed by atoms with van der Waals surface area (Å²) in [5, 5.41) is 10.0. The Bertz CT molecular complexity index is 1480. The molecule has 1 aliphatic rings. The highest BCUT2D eigenvalue weighted by Crippen LogP contribution is 2.43. The Balaban J connectivity index is 1.63. The molecule has 1 aliphatic heterocycles. The van der Waals surface area contributed by atoms with Gasteiger partial charge in [0.05, 0.1) is 32.7 Å². The molecule has 3 aromatic carbocycles. The van der Waals surface area contributed by atoms with Gasteiger partial charge in [0.15, 0.2) is 16.7 Å². The van der Waals surface area contributed by atoms with Gasteiger partial charge >= 0.3 is 0 Å². The summed E-state index contributed by atoms with van der Waals surface area (Å²) >= 11 is 7.41. The first-order valence-electron chi connectivity index (χ1n) is 12.6. The minimum absolute atomic E-state index is 0.0815. The van der Waals surface area contributed by atoms with E-state index < -0.39 is 6.04 Å². The molecule has 0 spiro atoms. The zero-order valence-electron chi connectivity index (χ0n) is 23.3. The minimum Gasteiger partial charge on any atom is -0.493 e. The number of hydrogen-bond acceptors (Lipinski definition) is 8. The van der Waals surface area contributed by atoms with Crippen LogP contribution in [0.3, 0.4) is 0 Å². The van der Waals surface area contributed by atoms with Crippen LogP contribution >= 0.6 is 23.4 Å². The molecule has 0 bridgehead atoms. The largest absolute Gasteiger partial charge is 0.493 e. The topological polar surface area (TPSA) is 110 Å². The van der Waals surface area contributed by atoms with Crippen molar-refractivity contribution in [1.29, 1.82) is 0 Å². The molecule has 4 rings (SSSR count). The van der Waals surface area contributed by atoms with Crippen LogP contribution in [0.5, 0.6) is 17.2 Å². The van der Waals surface area contributed by atoms with Crippen LogP contribution in [0, 0.1) is 6.92 Å². The van der Waals surface area contributed by atoms with Gasteiger partial charge in [0, 0.05) is 22.1 Å². The quantitative estimate of drug-likeness (QED) is 0.280. The number of anilines is 2. The lowest BCUT2D eigenvalue weighted by Crippen LogP contribution is -2.32. The second-order valence-electron chi connectivity index (χ2n) is 9.08. The number of nitrogens with zero attached hydrogens (tertiary/aromatic N) is 1. The van der Waals surface area contributed by atoms with E-state index in [1.54, 1.807) is 31.2 Å². The highest BCUT2D eigenvalue weighted by molar-refractivity contribution is 8.14. The number of allylic oxidation sites excluding steroid dienone is 1. The minimum atomic E-state index is -0.727. The third-order valence-corrected chi connectivity index (χ3v) is 7.59. The summed E-state index contributed by atoms with van der Waals surface area (Å²) in [4.78, 5) is 31.1. The van der Waals surface area contributed by atoms with Gasteiger partial charge in [-0.2, -0.15) is 0 Å². The molecule has 1 heterocycles. The summed E-state index contributed by atoms with van der Waals surface area (Å²) in [6, 6.07) is 17.3. The maximum atomic E-state index is 13.6. The highest BCUT2D eigenvalue weighted by atomic mass is 35.5. The number of hydrogen-bond donors (Lipinski definition) is 3. The summed E-state index contributed by atoms with van der Waals surface area (Å²) in [5.41, 5.74) is 3.84. The molecule has 0 saturated heterocycles. The number of amidine groups is 1. The number of aliphatic imine (C=N–C) groups is 1. The molecule has 0 aromatic heterocycles. The Kier molecular flexibility index (Phi) is 9.80. The van der Waals surface area contributed by atoms with Gasteiger partial charge in [-0.15, -0.1) is 0 Å². The number of methoxy groups -OCH3 is 3. The Hall–Kier alpha value is -4.15. The van der Waals surface area contributed by atoms with Crippen molar-refractivity contribution in [3.8, 4) is 17.2 Å². The van der Waals surface area contributed by atoms with Crippen molar-refractivity contribution in [3.05, 3.63) is 88.1 Å². The Morgan fingerprint density at radius 2 is 1.61 bits per heavy atom. The molecule has 2 amide bonds. The molecule has 0 unspecified atom stereocenters. The van der Waals surface area contributed by atoms with Gasteiger partial charge in [-0.3, -0.25) is 9.59 Å². The van der Waals surface area contributed by atoms with Crippen molar-refractivity contribution >= 4 is 51.7 Å².